The summed E-state index contributed by atoms with van der Waals surface area (Å²) in [6.07, 6.45) is 2.72. The molecule has 1 aliphatic heterocycles. The van der Waals surface area contributed by atoms with Crippen LogP contribution in [0.2, 0.25) is 0 Å². The number of nitrogens with zero attached hydrogens (tertiary/aromatic N) is 1. The zero-order chi connectivity index (χ0) is 13.0. The Morgan fingerprint density at radius 1 is 1.39 bits per heavy atom. The number of aliphatic hydroxyl groups is 1. The SMILES string of the molecule is Cc1ccc(C(=O)CCN2CCCC2CO)cc1. The van der Waals surface area contributed by atoms with Crippen LogP contribution in [0, 0.1) is 6.92 Å². The van der Waals surface area contributed by atoms with E-state index in [0.717, 1.165) is 31.5 Å². The van der Waals surface area contributed by atoms with Crippen LogP contribution in [0.4, 0.5) is 0 Å². The van der Waals surface area contributed by atoms with E-state index >= 15 is 0 Å². The van der Waals surface area contributed by atoms with Crippen molar-refractivity contribution in [3.8, 4) is 0 Å². The third-order valence-corrected chi connectivity index (χ3v) is 3.71. The highest BCUT2D eigenvalue weighted by molar-refractivity contribution is 5.96. The molecule has 0 saturated carbocycles. The lowest BCUT2D eigenvalue weighted by Gasteiger charge is -2.21. The maximum atomic E-state index is 12.0. The van der Waals surface area contributed by atoms with Crippen LogP contribution in [0.25, 0.3) is 0 Å². The maximum Gasteiger partial charge on any atom is 0.164 e. The molecule has 1 aliphatic rings. The number of likely N-dealkylation sites (tertiary alicyclic amines) is 1. The molecule has 1 saturated heterocycles. The van der Waals surface area contributed by atoms with Gasteiger partial charge < -0.3 is 5.11 Å². The third kappa shape index (κ3) is 3.18. The van der Waals surface area contributed by atoms with Crippen LogP contribution in [-0.2, 0) is 0 Å². The highest BCUT2D eigenvalue weighted by Crippen LogP contribution is 2.17. The molecule has 0 amide bonds. The number of Topliss-reactive ketones (excluding diaryl/α,β-unsaturated/α-hetero) is 1. The van der Waals surface area contributed by atoms with Crippen molar-refractivity contribution in [1.82, 2.24) is 4.90 Å². The summed E-state index contributed by atoms with van der Waals surface area (Å²) in [5.41, 5.74) is 1.96. The van der Waals surface area contributed by atoms with E-state index in [-0.39, 0.29) is 18.4 Å². The van der Waals surface area contributed by atoms with Gasteiger partial charge in [0.1, 0.15) is 0 Å². The summed E-state index contributed by atoms with van der Waals surface area (Å²) in [5, 5.41) is 9.22. The minimum absolute atomic E-state index is 0.193. The first kappa shape index (κ1) is 13.2. The van der Waals surface area contributed by atoms with Crippen molar-refractivity contribution in [2.75, 3.05) is 19.7 Å². The molecule has 18 heavy (non-hydrogen) atoms. The Bertz CT molecular complexity index is 399. The Morgan fingerprint density at radius 3 is 2.78 bits per heavy atom. The molecule has 1 N–H and O–H groups in total. The number of carbonyl (C=O) groups excluding carboxylic acids is 1. The fraction of sp³-hybridized carbons (Fsp3) is 0.533. The van der Waals surface area contributed by atoms with Gasteiger partial charge >= 0.3 is 0 Å². The molecule has 0 spiro atoms. The summed E-state index contributed by atoms with van der Waals surface area (Å²) in [7, 11) is 0. The highest BCUT2D eigenvalue weighted by Gasteiger charge is 2.23. The lowest BCUT2D eigenvalue weighted by atomic mass is 10.1. The van der Waals surface area contributed by atoms with Crippen molar-refractivity contribution in [3.63, 3.8) is 0 Å². The number of aliphatic hydroxyl groups excluding tert-OH is 1. The topological polar surface area (TPSA) is 40.5 Å². The maximum absolute atomic E-state index is 12.0. The molecule has 98 valence electrons. The minimum Gasteiger partial charge on any atom is -0.395 e. The van der Waals surface area contributed by atoms with Crippen molar-refractivity contribution >= 4 is 5.78 Å². The van der Waals surface area contributed by atoms with Crippen molar-refractivity contribution < 1.29 is 9.90 Å². The zero-order valence-electron chi connectivity index (χ0n) is 10.9. The van der Waals surface area contributed by atoms with Gasteiger partial charge in [-0.05, 0) is 26.3 Å². The molecule has 0 aromatic heterocycles. The number of ketones is 1. The number of hydrogen-bond acceptors (Lipinski definition) is 3. The van der Waals surface area contributed by atoms with Gasteiger partial charge in [-0.25, -0.2) is 0 Å². The molecule has 1 aromatic rings. The average molecular weight is 247 g/mol. The molecule has 0 bridgehead atoms. The normalized spacial score (nSPS) is 20.2. The number of aryl methyl sites for hydroxylation is 1. The van der Waals surface area contributed by atoms with Gasteiger partial charge in [-0.15, -0.1) is 0 Å². The average Bonchev–Trinajstić information content (AvgIpc) is 2.84. The summed E-state index contributed by atoms with van der Waals surface area (Å²) in [6.45, 7) is 3.99. The Labute approximate surface area is 108 Å². The van der Waals surface area contributed by atoms with E-state index < -0.39 is 0 Å². The Hall–Kier alpha value is -1.19. The van der Waals surface area contributed by atoms with Gasteiger partial charge in [-0.1, -0.05) is 29.8 Å². The largest absolute Gasteiger partial charge is 0.395 e. The van der Waals surface area contributed by atoms with Gasteiger partial charge in [0.15, 0.2) is 5.78 Å². The summed E-state index contributed by atoms with van der Waals surface area (Å²) >= 11 is 0. The molecule has 3 heteroatoms. The van der Waals surface area contributed by atoms with Gasteiger partial charge in [0.05, 0.1) is 6.61 Å². The second-order valence-electron chi connectivity index (χ2n) is 5.05. The Kier molecular flexibility index (Phi) is 4.50. The van der Waals surface area contributed by atoms with E-state index in [1.807, 2.05) is 31.2 Å². The summed E-state index contributed by atoms with van der Waals surface area (Å²) in [6, 6.07) is 7.99. The number of benzene rings is 1. The van der Waals surface area contributed by atoms with Crippen molar-refractivity contribution in [1.29, 1.82) is 0 Å². The van der Waals surface area contributed by atoms with Crippen LogP contribution in [0.15, 0.2) is 24.3 Å². The summed E-state index contributed by atoms with van der Waals surface area (Å²) in [5.74, 6) is 0.193. The van der Waals surface area contributed by atoms with E-state index in [4.69, 9.17) is 0 Å². The van der Waals surface area contributed by atoms with Crippen LogP contribution in [0.5, 0.6) is 0 Å². The summed E-state index contributed by atoms with van der Waals surface area (Å²) < 4.78 is 0. The van der Waals surface area contributed by atoms with E-state index in [2.05, 4.69) is 4.90 Å². The second-order valence-corrected chi connectivity index (χ2v) is 5.05. The molecule has 1 heterocycles. The standard InChI is InChI=1S/C15H21NO2/c1-12-4-6-13(7-5-12)15(18)8-10-16-9-2-3-14(16)11-17/h4-7,14,17H,2-3,8-11H2,1H3. The monoisotopic (exact) mass is 247 g/mol. The smallest absolute Gasteiger partial charge is 0.164 e. The fourth-order valence-electron chi connectivity index (χ4n) is 2.53. The Balaban J connectivity index is 1.86. The van der Waals surface area contributed by atoms with Crippen LogP contribution < -0.4 is 0 Å². The van der Waals surface area contributed by atoms with Gasteiger partial charge in [0.2, 0.25) is 0 Å². The first-order valence-corrected chi connectivity index (χ1v) is 6.65. The van der Waals surface area contributed by atoms with Crippen molar-refractivity contribution in [3.05, 3.63) is 35.4 Å². The van der Waals surface area contributed by atoms with Gasteiger partial charge in [-0.2, -0.15) is 0 Å². The van der Waals surface area contributed by atoms with Crippen LogP contribution in [0.3, 0.4) is 0 Å². The molecule has 2 rings (SSSR count). The second kappa shape index (κ2) is 6.12. The summed E-state index contributed by atoms with van der Waals surface area (Å²) in [4.78, 5) is 14.2. The number of rotatable bonds is 5. The van der Waals surface area contributed by atoms with Gasteiger partial charge in [0.25, 0.3) is 0 Å². The first-order valence-electron chi connectivity index (χ1n) is 6.65. The molecule has 1 aromatic carbocycles. The molecule has 0 radical (unpaired) electrons. The van der Waals surface area contributed by atoms with E-state index in [0.29, 0.717) is 6.42 Å². The molecular weight excluding hydrogens is 226 g/mol. The third-order valence-electron chi connectivity index (χ3n) is 3.71. The first-order chi connectivity index (χ1) is 8.70. The number of carbonyl (C=O) groups is 1. The molecule has 1 atom stereocenters. The van der Waals surface area contributed by atoms with Gasteiger partial charge in [-0.3, -0.25) is 9.69 Å². The van der Waals surface area contributed by atoms with Crippen LogP contribution in [-0.4, -0.2) is 41.5 Å². The minimum atomic E-state index is 0.193. The lowest BCUT2D eigenvalue weighted by molar-refractivity contribution is 0.0945. The molecule has 1 fully saturated rings. The van der Waals surface area contributed by atoms with Crippen molar-refractivity contribution in [2.45, 2.75) is 32.2 Å². The van der Waals surface area contributed by atoms with Gasteiger partial charge in [0, 0.05) is 24.6 Å². The molecule has 3 nitrogen and oxygen atoms in total. The van der Waals surface area contributed by atoms with Crippen molar-refractivity contribution in [2.24, 2.45) is 0 Å². The van der Waals surface area contributed by atoms with E-state index in [1.54, 1.807) is 0 Å². The zero-order valence-corrected chi connectivity index (χ0v) is 10.9. The molecule has 0 aliphatic carbocycles. The van der Waals surface area contributed by atoms with Crippen LogP contribution in [0.1, 0.15) is 35.2 Å². The van der Waals surface area contributed by atoms with Crippen LogP contribution >= 0.6 is 0 Å². The molecule has 1 unspecified atom stereocenters. The molecular formula is C15H21NO2. The predicted molar refractivity (Wildman–Crippen MR) is 71.8 cm³/mol. The quantitative estimate of drug-likeness (QED) is 0.809. The number of hydrogen-bond donors (Lipinski definition) is 1. The highest BCUT2D eigenvalue weighted by atomic mass is 16.3. The van der Waals surface area contributed by atoms with E-state index in [9.17, 15) is 9.90 Å². The fourth-order valence-corrected chi connectivity index (χ4v) is 2.53. The lowest BCUT2D eigenvalue weighted by Crippen LogP contribution is -2.33. The van der Waals surface area contributed by atoms with E-state index in [1.165, 1.54) is 5.56 Å². The predicted octanol–water partition coefficient (Wildman–Crippen LogP) is 2.02. The Morgan fingerprint density at radius 2 is 2.11 bits per heavy atom.